The summed E-state index contributed by atoms with van der Waals surface area (Å²) in [5.74, 6) is -0.999. The van der Waals surface area contributed by atoms with Crippen molar-refractivity contribution in [3.05, 3.63) is 91.7 Å². The molecule has 9 heteroatoms. The third kappa shape index (κ3) is 6.66. The Labute approximate surface area is 200 Å². The van der Waals surface area contributed by atoms with Gasteiger partial charge in [-0.2, -0.15) is 0 Å². The summed E-state index contributed by atoms with van der Waals surface area (Å²) in [5, 5.41) is 16.4. The zero-order chi connectivity index (χ0) is 23.8. The molecule has 0 aliphatic carbocycles. The zero-order valence-corrected chi connectivity index (χ0v) is 19.8. The Balaban J connectivity index is 1.72. The molecule has 0 aliphatic rings. The van der Waals surface area contributed by atoms with Gasteiger partial charge in [-0.05, 0) is 47.5 Å². The molecule has 0 radical (unpaired) electrons. The van der Waals surface area contributed by atoms with E-state index in [4.69, 9.17) is 5.73 Å². The number of thiophene rings is 1. The second kappa shape index (κ2) is 11.6. The van der Waals surface area contributed by atoms with Crippen LogP contribution in [0.1, 0.15) is 52.2 Å². The number of hydrogen-bond acceptors (Lipinski definition) is 6. The van der Waals surface area contributed by atoms with Crippen molar-refractivity contribution < 1.29 is 14.5 Å². The fourth-order valence-corrected chi connectivity index (χ4v) is 4.93. The summed E-state index contributed by atoms with van der Waals surface area (Å²) >= 11 is 2.60. The Kier molecular flexibility index (Phi) is 8.62. The maximum atomic E-state index is 12.8. The molecule has 1 heterocycles. The molecule has 1 atom stereocenters. The summed E-state index contributed by atoms with van der Waals surface area (Å²) in [5.41, 5.74) is 7.26. The number of aryl methyl sites for hydroxylation is 1. The first kappa shape index (κ1) is 24.5. The molecule has 3 aromatic rings. The van der Waals surface area contributed by atoms with Crippen molar-refractivity contribution >= 4 is 40.6 Å². The van der Waals surface area contributed by atoms with Gasteiger partial charge in [-0.25, -0.2) is 0 Å². The van der Waals surface area contributed by atoms with Crippen LogP contribution in [0.4, 0.5) is 5.69 Å². The second-order valence-electron chi connectivity index (χ2n) is 7.45. The second-order valence-corrected chi connectivity index (χ2v) is 9.45. The fourth-order valence-electron chi connectivity index (χ4n) is 3.31. The lowest BCUT2D eigenvalue weighted by Crippen LogP contribution is -2.30. The number of unbranched alkanes of at least 4 members (excludes halogenated alkanes) is 1. The number of hydrogen-bond donors (Lipinski definition) is 2. The van der Waals surface area contributed by atoms with Crippen molar-refractivity contribution in [2.75, 3.05) is 5.75 Å². The van der Waals surface area contributed by atoms with E-state index in [1.54, 1.807) is 11.3 Å². The molecule has 0 saturated heterocycles. The first-order valence-electron chi connectivity index (χ1n) is 10.5. The number of nitrogens with zero attached hydrogens (tertiary/aromatic N) is 1. The molecule has 33 heavy (non-hydrogen) atoms. The van der Waals surface area contributed by atoms with Gasteiger partial charge in [-0.3, -0.25) is 19.7 Å². The third-order valence-corrected chi connectivity index (χ3v) is 7.06. The highest BCUT2D eigenvalue weighted by atomic mass is 32.2. The molecule has 1 aromatic heterocycles. The number of nitro benzene ring substituents is 1. The highest BCUT2D eigenvalue weighted by molar-refractivity contribution is 8.00. The summed E-state index contributed by atoms with van der Waals surface area (Å²) in [6, 6.07) is 15.9. The lowest BCUT2D eigenvalue weighted by atomic mass is 10.0. The number of amides is 2. The van der Waals surface area contributed by atoms with Crippen molar-refractivity contribution in [3.8, 4) is 0 Å². The Morgan fingerprint density at radius 1 is 1.18 bits per heavy atom. The molecule has 3 rings (SSSR count). The fraction of sp³-hybridized carbons (Fsp3) is 0.250. The first-order valence-corrected chi connectivity index (χ1v) is 12.4. The molecule has 172 valence electrons. The summed E-state index contributed by atoms with van der Waals surface area (Å²) < 4.78 is 0. The Morgan fingerprint density at radius 3 is 2.55 bits per heavy atom. The van der Waals surface area contributed by atoms with E-state index in [-0.39, 0.29) is 29.0 Å². The van der Waals surface area contributed by atoms with E-state index in [1.165, 1.54) is 17.7 Å². The predicted molar refractivity (Wildman–Crippen MR) is 132 cm³/mol. The normalized spacial score (nSPS) is 11.7. The summed E-state index contributed by atoms with van der Waals surface area (Å²) in [7, 11) is 0. The minimum Gasteiger partial charge on any atom is -0.366 e. The SMILES string of the molecule is CCCCc1ccc(C(NC(=O)CSc2ccc(C(N)=O)cc2[N+](=O)[O-])c2cccs2)cc1. The van der Waals surface area contributed by atoms with Crippen LogP contribution in [0.5, 0.6) is 0 Å². The zero-order valence-electron chi connectivity index (χ0n) is 18.2. The van der Waals surface area contributed by atoms with Crippen LogP contribution in [0, 0.1) is 10.1 Å². The maximum absolute atomic E-state index is 12.8. The Hall–Kier alpha value is -3.17. The van der Waals surface area contributed by atoms with Gasteiger partial charge >= 0.3 is 0 Å². The van der Waals surface area contributed by atoms with Crippen LogP contribution in [0.2, 0.25) is 0 Å². The monoisotopic (exact) mass is 483 g/mol. The molecule has 2 amide bonds. The van der Waals surface area contributed by atoms with Gasteiger partial charge in [0, 0.05) is 16.5 Å². The number of nitrogens with one attached hydrogen (secondary N) is 1. The van der Waals surface area contributed by atoms with Crippen molar-refractivity contribution in [1.82, 2.24) is 5.32 Å². The molecule has 0 aliphatic heterocycles. The van der Waals surface area contributed by atoms with E-state index in [0.717, 1.165) is 47.5 Å². The van der Waals surface area contributed by atoms with E-state index < -0.39 is 10.8 Å². The van der Waals surface area contributed by atoms with Crippen LogP contribution < -0.4 is 11.1 Å². The highest BCUT2D eigenvalue weighted by Gasteiger charge is 2.21. The van der Waals surface area contributed by atoms with E-state index in [2.05, 4.69) is 24.4 Å². The largest absolute Gasteiger partial charge is 0.366 e. The number of nitro groups is 1. The smallest absolute Gasteiger partial charge is 0.283 e. The molecule has 0 spiro atoms. The number of rotatable bonds is 11. The van der Waals surface area contributed by atoms with Crippen molar-refractivity contribution in [2.24, 2.45) is 5.73 Å². The summed E-state index contributed by atoms with van der Waals surface area (Å²) in [4.78, 5) is 36.2. The summed E-state index contributed by atoms with van der Waals surface area (Å²) in [6.07, 6.45) is 3.29. The van der Waals surface area contributed by atoms with Gasteiger partial charge in [0.2, 0.25) is 11.8 Å². The predicted octanol–water partition coefficient (Wildman–Crippen LogP) is 5.10. The van der Waals surface area contributed by atoms with Crippen molar-refractivity contribution in [2.45, 2.75) is 37.1 Å². The van der Waals surface area contributed by atoms with Crippen LogP contribution >= 0.6 is 23.1 Å². The van der Waals surface area contributed by atoms with Crippen LogP contribution in [-0.2, 0) is 11.2 Å². The number of benzene rings is 2. The van der Waals surface area contributed by atoms with Gasteiger partial charge in [-0.15, -0.1) is 23.1 Å². The quantitative estimate of drug-likeness (QED) is 0.224. The van der Waals surface area contributed by atoms with Crippen LogP contribution in [0.15, 0.2) is 64.9 Å². The average Bonchev–Trinajstić information content (AvgIpc) is 3.34. The molecular formula is C24H25N3O4S2. The van der Waals surface area contributed by atoms with E-state index >= 15 is 0 Å². The number of nitrogens with two attached hydrogens (primary N) is 1. The number of carbonyl (C=O) groups excluding carboxylic acids is 2. The first-order chi connectivity index (χ1) is 15.9. The lowest BCUT2D eigenvalue weighted by Gasteiger charge is -2.18. The van der Waals surface area contributed by atoms with E-state index in [0.29, 0.717) is 4.90 Å². The standard InChI is InChI=1S/C24H25N3O4S2/c1-2-3-5-16-7-9-17(10-8-16)23(21-6-4-13-32-21)26-22(28)15-33-20-12-11-18(24(25)29)14-19(20)27(30)31/h4,6-14,23H,2-3,5,15H2,1H3,(H2,25,29)(H,26,28). The van der Waals surface area contributed by atoms with Gasteiger partial charge in [0.15, 0.2) is 0 Å². The summed E-state index contributed by atoms with van der Waals surface area (Å²) in [6.45, 7) is 2.16. The minimum atomic E-state index is -0.744. The van der Waals surface area contributed by atoms with Crippen LogP contribution in [0.3, 0.4) is 0 Å². The van der Waals surface area contributed by atoms with Gasteiger partial charge in [-0.1, -0.05) is 43.7 Å². The third-order valence-electron chi connectivity index (χ3n) is 5.06. The molecule has 1 unspecified atom stereocenters. The Bertz CT molecular complexity index is 1120. The van der Waals surface area contributed by atoms with Gasteiger partial charge in [0.25, 0.3) is 5.69 Å². The molecule has 0 saturated carbocycles. The number of primary amides is 1. The number of thioether (sulfide) groups is 1. The Morgan fingerprint density at radius 2 is 1.94 bits per heavy atom. The number of carbonyl (C=O) groups is 2. The molecule has 3 N–H and O–H groups in total. The van der Waals surface area contributed by atoms with Crippen LogP contribution in [-0.4, -0.2) is 22.5 Å². The topological polar surface area (TPSA) is 115 Å². The van der Waals surface area contributed by atoms with Crippen molar-refractivity contribution in [1.29, 1.82) is 0 Å². The molecule has 7 nitrogen and oxygen atoms in total. The molecular weight excluding hydrogens is 458 g/mol. The molecule has 0 fully saturated rings. The van der Waals surface area contributed by atoms with Gasteiger partial charge in [0.1, 0.15) is 0 Å². The lowest BCUT2D eigenvalue weighted by molar-refractivity contribution is -0.387. The molecule has 0 bridgehead atoms. The van der Waals surface area contributed by atoms with Gasteiger partial charge < -0.3 is 11.1 Å². The minimum absolute atomic E-state index is 0.00673. The highest BCUT2D eigenvalue weighted by Crippen LogP contribution is 2.31. The molecule has 2 aromatic carbocycles. The average molecular weight is 484 g/mol. The maximum Gasteiger partial charge on any atom is 0.283 e. The van der Waals surface area contributed by atoms with E-state index in [1.807, 2.05) is 29.6 Å². The van der Waals surface area contributed by atoms with Crippen molar-refractivity contribution in [3.63, 3.8) is 0 Å². The van der Waals surface area contributed by atoms with Crippen LogP contribution in [0.25, 0.3) is 0 Å². The van der Waals surface area contributed by atoms with Gasteiger partial charge in [0.05, 0.1) is 21.6 Å². The van der Waals surface area contributed by atoms with E-state index in [9.17, 15) is 19.7 Å².